The molecule has 0 fully saturated rings. The highest BCUT2D eigenvalue weighted by Gasteiger charge is 2.38. The fraction of sp³-hybridized carbons (Fsp3) is 0.179. The molecule has 3 heteroatoms. The van der Waals surface area contributed by atoms with Crippen molar-refractivity contribution in [3.8, 4) is 16.8 Å². The molecule has 1 aliphatic carbocycles. The molecule has 2 atom stereocenters. The number of anilines is 2. The zero-order chi connectivity index (χ0) is 39.5. The van der Waals surface area contributed by atoms with Crippen molar-refractivity contribution in [2.24, 2.45) is 0 Å². The molecule has 1 aliphatic heterocycles. The predicted octanol–water partition coefficient (Wildman–Crippen LogP) is 15.0. The van der Waals surface area contributed by atoms with E-state index < -0.39 is 0 Å². The molecule has 9 aromatic rings. The minimum absolute atomic E-state index is 0.249. The minimum atomic E-state index is 0.249. The summed E-state index contributed by atoms with van der Waals surface area (Å²) in [6.45, 7) is 4.53. The first-order valence-corrected chi connectivity index (χ1v) is 21.7. The average molecular weight is 764 g/mol. The highest BCUT2D eigenvalue weighted by molar-refractivity contribution is 6.12. The van der Waals surface area contributed by atoms with Crippen LogP contribution in [0.4, 0.5) is 11.4 Å². The van der Waals surface area contributed by atoms with Crippen molar-refractivity contribution < 1.29 is 0 Å². The fourth-order valence-electron chi connectivity index (χ4n) is 10.0. The normalized spacial score (nSPS) is 16.0. The number of nitrogens with zero attached hydrogens (tertiary/aromatic N) is 2. The van der Waals surface area contributed by atoms with Gasteiger partial charge in [0.25, 0.3) is 0 Å². The first-order valence-electron chi connectivity index (χ1n) is 21.7. The van der Waals surface area contributed by atoms with E-state index in [2.05, 4.69) is 198 Å². The number of unbranched alkanes of at least 4 members (excludes halogenated alkanes) is 2. The molecule has 0 amide bonds. The lowest BCUT2D eigenvalue weighted by Crippen LogP contribution is -2.29. The summed E-state index contributed by atoms with van der Waals surface area (Å²) in [6, 6.07) is 57.3. The first kappa shape index (κ1) is 35.6. The summed E-state index contributed by atoms with van der Waals surface area (Å²) in [7, 11) is 0. The lowest BCUT2D eigenvalue weighted by atomic mass is 9.86. The van der Waals surface area contributed by atoms with Crippen molar-refractivity contribution in [2.75, 3.05) is 4.90 Å². The summed E-state index contributed by atoms with van der Waals surface area (Å²) >= 11 is 0. The van der Waals surface area contributed by atoms with Crippen LogP contribution in [0.5, 0.6) is 0 Å². The Morgan fingerprint density at radius 2 is 1.15 bits per heavy atom. The molecule has 7 aromatic carbocycles. The van der Waals surface area contributed by atoms with Gasteiger partial charge in [-0.25, -0.2) is 0 Å². The number of H-pyrrole nitrogens is 1. The number of aromatic amines is 1. The van der Waals surface area contributed by atoms with Crippen molar-refractivity contribution in [1.29, 1.82) is 0 Å². The van der Waals surface area contributed by atoms with Crippen molar-refractivity contribution >= 4 is 60.6 Å². The van der Waals surface area contributed by atoms with E-state index in [-0.39, 0.29) is 12.0 Å². The molecule has 59 heavy (non-hydrogen) atoms. The van der Waals surface area contributed by atoms with Gasteiger partial charge in [0.05, 0.1) is 17.1 Å². The van der Waals surface area contributed by atoms with Crippen LogP contribution in [0, 0.1) is 0 Å². The number of aromatic nitrogens is 2. The lowest BCUT2D eigenvalue weighted by Gasteiger charge is -2.30. The Kier molecular flexibility index (Phi) is 8.84. The third-order valence-electron chi connectivity index (χ3n) is 13.0. The highest BCUT2D eigenvalue weighted by atomic mass is 15.2. The average Bonchev–Trinajstić information content (AvgIpc) is 3.94. The second-order valence-electron chi connectivity index (χ2n) is 16.7. The number of rotatable bonds is 10. The maximum absolute atomic E-state index is 3.72. The van der Waals surface area contributed by atoms with E-state index in [0.29, 0.717) is 0 Å². The Morgan fingerprint density at radius 1 is 0.525 bits per heavy atom. The van der Waals surface area contributed by atoms with E-state index in [4.69, 9.17) is 0 Å². The second kappa shape index (κ2) is 14.7. The van der Waals surface area contributed by atoms with Gasteiger partial charge in [-0.2, -0.15) is 0 Å². The third kappa shape index (κ3) is 6.11. The number of benzene rings is 7. The van der Waals surface area contributed by atoms with Crippen LogP contribution < -0.4 is 4.90 Å². The van der Waals surface area contributed by atoms with Crippen LogP contribution in [0.1, 0.15) is 67.7 Å². The van der Waals surface area contributed by atoms with Crippen molar-refractivity contribution in [1.82, 2.24) is 9.55 Å². The number of hydrogen-bond donors (Lipinski definition) is 1. The Hall–Kier alpha value is -6.58. The van der Waals surface area contributed by atoms with Gasteiger partial charge in [-0.3, -0.25) is 0 Å². The fourth-order valence-corrected chi connectivity index (χ4v) is 10.0. The molecular formula is C56H49N3. The molecule has 0 radical (unpaired) electrons. The highest BCUT2D eigenvalue weighted by Crippen LogP contribution is 2.49. The molecule has 0 saturated carbocycles. The summed E-state index contributed by atoms with van der Waals surface area (Å²) < 4.78 is 2.44. The van der Waals surface area contributed by atoms with E-state index in [1.165, 1.54) is 120 Å². The van der Waals surface area contributed by atoms with Crippen molar-refractivity contribution in [3.05, 3.63) is 192 Å². The minimum Gasteiger partial charge on any atom is -0.355 e. The standard InChI is InChI=1S/C56H49N3/c1-3-5-13-37-15-11-17-43(31-37)58-53-21-9-7-19-45(53)49-35-41(25-29-55(49)58)39-23-27-51-47(33-39)48-34-40(24-28-52(48)57-51)42-26-30-56-50(36-42)46-20-8-10-22-54(46)59(56)44-18-12-16-38(32-44)14-6-4-2/h7-12,15-36,49,55,57H,3-6,13-14H2,1-2H3. The number of nitrogens with one attached hydrogen (secondary N) is 1. The molecule has 3 nitrogen and oxygen atoms in total. The van der Waals surface area contributed by atoms with Crippen LogP contribution in [0.25, 0.3) is 66.0 Å². The van der Waals surface area contributed by atoms with E-state index in [0.717, 1.165) is 18.4 Å². The molecule has 288 valence electrons. The van der Waals surface area contributed by atoms with Gasteiger partial charge in [0.15, 0.2) is 0 Å². The van der Waals surface area contributed by atoms with Gasteiger partial charge in [0, 0.05) is 55.6 Å². The smallest absolute Gasteiger partial charge is 0.0630 e. The Labute approximate surface area is 346 Å². The number of aryl methyl sites for hydroxylation is 2. The Balaban J connectivity index is 0.951. The van der Waals surface area contributed by atoms with Crippen LogP contribution >= 0.6 is 0 Å². The zero-order valence-corrected chi connectivity index (χ0v) is 34.0. The quantitative estimate of drug-likeness (QED) is 0.147. The molecular weight excluding hydrogens is 715 g/mol. The number of hydrogen-bond acceptors (Lipinski definition) is 1. The molecule has 0 bridgehead atoms. The van der Waals surface area contributed by atoms with E-state index in [9.17, 15) is 0 Å². The number of para-hydroxylation sites is 2. The van der Waals surface area contributed by atoms with Crippen LogP contribution in [0.15, 0.2) is 170 Å². The number of fused-ring (bicyclic) bond motifs is 9. The molecule has 1 N–H and O–H groups in total. The molecule has 3 heterocycles. The summed E-state index contributed by atoms with van der Waals surface area (Å²) in [5.74, 6) is 0.279. The molecule has 2 aliphatic rings. The molecule has 0 spiro atoms. The van der Waals surface area contributed by atoms with Crippen LogP contribution in [-0.2, 0) is 12.8 Å². The van der Waals surface area contributed by atoms with Crippen molar-refractivity contribution in [2.45, 2.75) is 64.3 Å². The summed E-state index contributed by atoms with van der Waals surface area (Å²) in [6.07, 6.45) is 14.4. The van der Waals surface area contributed by atoms with Crippen molar-refractivity contribution in [3.63, 3.8) is 0 Å². The maximum Gasteiger partial charge on any atom is 0.0630 e. The second-order valence-corrected chi connectivity index (χ2v) is 16.7. The molecule has 0 saturated heterocycles. The third-order valence-corrected chi connectivity index (χ3v) is 13.0. The van der Waals surface area contributed by atoms with Gasteiger partial charge in [-0.15, -0.1) is 0 Å². The lowest BCUT2D eigenvalue weighted by molar-refractivity contribution is 0.745. The van der Waals surface area contributed by atoms with Gasteiger partial charge in [-0.05, 0) is 137 Å². The summed E-state index contributed by atoms with van der Waals surface area (Å²) in [5.41, 5.74) is 17.9. The Morgan fingerprint density at radius 3 is 1.93 bits per heavy atom. The van der Waals surface area contributed by atoms with Gasteiger partial charge in [0.1, 0.15) is 0 Å². The van der Waals surface area contributed by atoms with E-state index in [1.807, 2.05) is 0 Å². The van der Waals surface area contributed by atoms with Crippen LogP contribution in [0.2, 0.25) is 0 Å². The van der Waals surface area contributed by atoms with Gasteiger partial charge in [0.2, 0.25) is 0 Å². The summed E-state index contributed by atoms with van der Waals surface area (Å²) in [4.78, 5) is 6.28. The van der Waals surface area contributed by atoms with Gasteiger partial charge < -0.3 is 14.5 Å². The first-order chi connectivity index (χ1) is 29.1. The van der Waals surface area contributed by atoms with E-state index >= 15 is 0 Å². The van der Waals surface area contributed by atoms with Crippen LogP contribution in [-0.4, -0.2) is 15.6 Å². The summed E-state index contributed by atoms with van der Waals surface area (Å²) in [5, 5.41) is 5.08. The molecule has 2 unspecified atom stereocenters. The largest absolute Gasteiger partial charge is 0.355 e. The molecule has 11 rings (SSSR count). The monoisotopic (exact) mass is 763 g/mol. The predicted molar refractivity (Wildman–Crippen MR) is 251 cm³/mol. The van der Waals surface area contributed by atoms with Crippen LogP contribution in [0.3, 0.4) is 0 Å². The maximum atomic E-state index is 3.72. The SMILES string of the molecule is CCCCc1cccc(N2c3ccccc3C3C=C(c4ccc5[nH]c6ccc(-c7ccc8c(c7)c7ccccc7n8-c7cccc(CCCC)c7)cc6c5c4)C=CC32)c1. The molecule has 2 aromatic heterocycles. The topological polar surface area (TPSA) is 24.0 Å². The van der Waals surface area contributed by atoms with Gasteiger partial charge in [-0.1, -0.05) is 124 Å². The number of allylic oxidation sites excluding steroid dienone is 2. The van der Waals surface area contributed by atoms with E-state index in [1.54, 1.807) is 0 Å². The van der Waals surface area contributed by atoms with Gasteiger partial charge >= 0.3 is 0 Å². The zero-order valence-electron chi connectivity index (χ0n) is 34.0. The Bertz CT molecular complexity index is 3120.